The van der Waals surface area contributed by atoms with Crippen LogP contribution < -0.4 is 23.8 Å². The first-order valence-electron chi connectivity index (χ1n) is 9.08. The Labute approximate surface area is 157 Å². The Hall–Kier alpha value is -3.09. The summed E-state index contributed by atoms with van der Waals surface area (Å²) in [5.41, 5.74) is 1.98. The number of ether oxygens (including phenoxy) is 4. The average Bonchev–Trinajstić information content (AvgIpc) is 3.36. The molecule has 3 aliphatic heterocycles. The smallest absolute Gasteiger partial charge is 0.231 e. The number of amides is 1. The molecule has 0 N–H and O–H groups in total. The summed E-state index contributed by atoms with van der Waals surface area (Å²) in [6.07, 6.45) is 0.369. The van der Waals surface area contributed by atoms with E-state index in [0.717, 1.165) is 41.6 Å². The van der Waals surface area contributed by atoms with Gasteiger partial charge in [0.1, 0.15) is 0 Å². The number of para-hydroxylation sites is 1. The normalized spacial score (nSPS) is 17.3. The first kappa shape index (κ1) is 16.1. The minimum absolute atomic E-state index is 0.131. The lowest BCUT2D eigenvalue weighted by atomic mass is 10.1. The molecule has 7 nitrogen and oxygen atoms in total. The molecular weight excluding hydrogens is 348 g/mol. The van der Waals surface area contributed by atoms with Crippen molar-refractivity contribution < 1.29 is 23.7 Å². The molecule has 1 saturated heterocycles. The Morgan fingerprint density at radius 3 is 2.52 bits per heavy atom. The van der Waals surface area contributed by atoms with Crippen LogP contribution in [0.4, 0.5) is 5.69 Å². The van der Waals surface area contributed by atoms with Crippen LogP contribution in [0, 0.1) is 0 Å². The van der Waals surface area contributed by atoms with Gasteiger partial charge in [0, 0.05) is 26.2 Å². The van der Waals surface area contributed by atoms with Gasteiger partial charge in [0.15, 0.2) is 23.0 Å². The van der Waals surface area contributed by atoms with Crippen molar-refractivity contribution in [1.29, 1.82) is 0 Å². The summed E-state index contributed by atoms with van der Waals surface area (Å²) in [5.74, 6) is 3.17. The fourth-order valence-corrected chi connectivity index (χ4v) is 3.70. The highest BCUT2D eigenvalue weighted by molar-refractivity contribution is 5.79. The van der Waals surface area contributed by atoms with E-state index < -0.39 is 0 Å². The first-order valence-corrected chi connectivity index (χ1v) is 9.08. The number of anilines is 1. The minimum atomic E-state index is 0.131. The third kappa shape index (κ3) is 2.99. The van der Waals surface area contributed by atoms with Gasteiger partial charge in [-0.15, -0.1) is 0 Å². The minimum Gasteiger partial charge on any atom is -0.454 e. The highest BCUT2D eigenvalue weighted by Gasteiger charge is 2.26. The van der Waals surface area contributed by atoms with Crippen LogP contribution in [0.15, 0.2) is 36.4 Å². The molecule has 0 radical (unpaired) electrons. The molecule has 0 aliphatic carbocycles. The summed E-state index contributed by atoms with van der Waals surface area (Å²) in [4.78, 5) is 16.9. The Bertz CT molecular complexity index is 877. The highest BCUT2D eigenvalue weighted by Crippen LogP contribution is 2.41. The maximum Gasteiger partial charge on any atom is 0.231 e. The summed E-state index contributed by atoms with van der Waals surface area (Å²) in [6.45, 7) is 3.42. The molecule has 1 fully saturated rings. The van der Waals surface area contributed by atoms with E-state index in [9.17, 15) is 4.79 Å². The van der Waals surface area contributed by atoms with E-state index >= 15 is 0 Å². The van der Waals surface area contributed by atoms with Crippen LogP contribution in [0.5, 0.6) is 23.0 Å². The summed E-state index contributed by atoms with van der Waals surface area (Å²) >= 11 is 0. The molecule has 27 heavy (non-hydrogen) atoms. The summed E-state index contributed by atoms with van der Waals surface area (Å²) < 4.78 is 21.8. The van der Waals surface area contributed by atoms with E-state index in [1.54, 1.807) is 0 Å². The highest BCUT2D eigenvalue weighted by atomic mass is 16.7. The van der Waals surface area contributed by atoms with Gasteiger partial charge in [0.05, 0.1) is 12.1 Å². The van der Waals surface area contributed by atoms with Crippen molar-refractivity contribution in [3.05, 3.63) is 42.0 Å². The number of benzene rings is 2. The second-order valence-electron chi connectivity index (χ2n) is 6.74. The largest absolute Gasteiger partial charge is 0.454 e. The maximum atomic E-state index is 12.7. The molecule has 7 heteroatoms. The molecule has 0 bridgehead atoms. The van der Waals surface area contributed by atoms with E-state index in [4.69, 9.17) is 18.9 Å². The van der Waals surface area contributed by atoms with Gasteiger partial charge in [-0.1, -0.05) is 12.1 Å². The van der Waals surface area contributed by atoms with E-state index in [2.05, 4.69) is 4.90 Å². The van der Waals surface area contributed by atoms with Crippen LogP contribution in [-0.4, -0.2) is 50.6 Å². The molecule has 0 unspecified atom stereocenters. The van der Waals surface area contributed by atoms with Crippen LogP contribution in [0.25, 0.3) is 0 Å². The molecule has 2 aromatic carbocycles. The van der Waals surface area contributed by atoms with Gasteiger partial charge in [-0.2, -0.15) is 0 Å². The fourth-order valence-electron chi connectivity index (χ4n) is 3.70. The Morgan fingerprint density at radius 1 is 0.852 bits per heavy atom. The molecule has 0 aromatic heterocycles. The summed E-state index contributed by atoms with van der Waals surface area (Å²) in [7, 11) is 0. The number of nitrogens with zero attached hydrogens (tertiary/aromatic N) is 2. The van der Waals surface area contributed by atoms with Gasteiger partial charge in [-0.25, -0.2) is 0 Å². The number of fused-ring (bicyclic) bond motifs is 2. The first-order chi connectivity index (χ1) is 13.3. The number of carbonyl (C=O) groups excluding carboxylic acids is 1. The molecule has 0 atom stereocenters. The van der Waals surface area contributed by atoms with Gasteiger partial charge in [0.25, 0.3) is 0 Å². The lowest BCUT2D eigenvalue weighted by Gasteiger charge is -2.36. The third-order valence-electron chi connectivity index (χ3n) is 5.14. The zero-order valence-corrected chi connectivity index (χ0v) is 14.8. The molecule has 3 aliphatic rings. The van der Waals surface area contributed by atoms with Crippen molar-refractivity contribution in [3.8, 4) is 23.0 Å². The SMILES string of the molecule is O=C(Cc1ccc2c(c1)OCO2)N1CCN(c2cccc3c2OCO3)CC1. The fraction of sp³-hybridized carbons (Fsp3) is 0.350. The van der Waals surface area contributed by atoms with Crippen molar-refractivity contribution in [2.24, 2.45) is 0 Å². The number of carbonyl (C=O) groups is 1. The van der Waals surface area contributed by atoms with E-state index in [1.807, 2.05) is 41.3 Å². The molecular formula is C20H20N2O5. The van der Waals surface area contributed by atoms with Gasteiger partial charge in [-0.05, 0) is 29.8 Å². The van der Waals surface area contributed by atoms with Crippen molar-refractivity contribution in [1.82, 2.24) is 4.90 Å². The Balaban J connectivity index is 1.22. The van der Waals surface area contributed by atoms with Crippen molar-refractivity contribution in [2.45, 2.75) is 6.42 Å². The van der Waals surface area contributed by atoms with E-state index in [-0.39, 0.29) is 19.5 Å². The van der Waals surface area contributed by atoms with Gasteiger partial charge >= 0.3 is 0 Å². The zero-order valence-electron chi connectivity index (χ0n) is 14.8. The van der Waals surface area contributed by atoms with E-state index in [1.165, 1.54) is 0 Å². The molecule has 140 valence electrons. The van der Waals surface area contributed by atoms with Crippen LogP contribution >= 0.6 is 0 Å². The molecule has 3 heterocycles. The molecule has 0 spiro atoms. The molecule has 2 aromatic rings. The number of hydrogen-bond acceptors (Lipinski definition) is 6. The zero-order chi connectivity index (χ0) is 18.2. The summed E-state index contributed by atoms with van der Waals surface area (Å²) in [5, 5.41) is 0. The third-order valence-corrected chi connectivity index (χ3v) is 5.14. The standard InChI is InChI=1S/C20H20N2O5/c23-19(11-14-4-5-16-18(10-14)26-12-24-16)22-8-6-21(7-9-22)15-2-1-3-17-20(15)27-13-25-17/h1-5,10H,6-9,11-13H2. The molecule has 1 amide bonds. The Morgan fingerprint density at radius 2 is 1.63 bits per heavy atom. The molecule has 5 rings (SSSR count). The second-order valence-corrected chi connectivity index (χ2v) is 6.74. The van der Waals surface area contributed by atoms with Crippen LogP contribution in [0.1, 0.15) is 5.56 Å². The second kappa shape index (κ2) is 6.57. The van der Waals surface area contributed by atoms with Crippen LogP contribution in [-0.2, 0) is 11.2 Å². The van der Waals surface area contributed by atoms with Crippen LogP contribution in [0.3, 0.4) is 0 Å². The van der Waals surface area contributed by atoms with E-state index in [0.29, 0.717) is 25.3 Å². The lowest BCUT2D eigenvalue weighted by molar-refractivity contribution is -0.130. The van der Waals surface area contributed by atoms with Gasteiger partial charge in [-0.3, -0.25) is 4.79 Å². The Kier molecular flexibility index (Phi) is 3.92. The number of rotatable bonds is 3. The van der Waals surface area contributed by atoms with Crippen LogP contribution in [0.2, 0.25) is 0 Å². The van der Waals surface area contributed by atoms with Crippen molar-refractivity contribution in [3.63, 3.8) is 0 Å². The quantitative estimate of drug-likeness (QED) is 0.826. The number of piperazine rings is 1. The molecule has 0 saturated carbocycles. The summed E-state index contributed by atoms with van der Waals surface area (Å²) in [6, 6.07) is 11.6. The number of hydrogen-bond donors (Lipinski definition) is 0. The van der Waals surface area contributed by atoms with Crippen molar-refractivity contribution in [2.75, 3.05) is 44.7 Å². The van der Waals surface area contributed by atoms with Crippen molar-refractivity contribution >= 4 is 11.6 Å². The van der Waals surface area contributed by atoms with Gasteiger partial charge < -0.3 is 28.7 Å². The topological polar surface area (TPSA) is 60.5 Å². The van der Waals surface area contributed by atoms with Gasteiger partial charge in [0.2, 0.25) is 19.5 Å². The lowest BCUT2D eigenvalue weighted by Crippen LogP contribution is -2.49. The monoisotopic (exact) mass is 368 g/mol. The predicted molar refractivity (Wildman–Crippen MR) is 97.6 cm³/mol. The maximum absolute atomic E-state index is 12.7. The average molecular weight is 368 g/mol. The predicted octanol–water partition coefficient (Wildman–Crippen LogP) is 2.04.